The van der Waals surface area contributed by atoms with E-state index in [9.17, 15) is 9.59 Å². The highest BCUT2D eigenvalue weighted by molar-refractivity contribution is 5.84. The van der Waals surface area contributed by atoms with Crippen molar-refractivity contribution in [2.75, 3.05) is 20.8 Å². The van der Waals surface area contributed by atoms with E-state index in [1.807, 2.05) is 31.3 Å². The summed E-state index contributed by atoms with van der Waals surface area (Å²) in [7, 11) is 3.08. The van der Waals surface area contributed by atoms with E-state index in [-0.39, 0.29) is 11.5 Å². The van der Waals surface area contributed by atoms with Crippen molar-refractivity contribution in [3.8, 4) is 11.5 Å². The number of benzene rings is 2. The number of ether oxygens (including phenoxy) is 2. The molecule has 2 heterocycles. The Morgan fingerprint density at radius 1 is 1.12 bits per heavy atom. The number of aromatic nitrogens is 3. The molecule has 0 radical (unpaired) electrons. The standard InChI is InChI=1S/C25H28N4O4/c1-4-23-28-20-14-22(33-3)21(32-2)13-18(20)25(31)29(23)12-11-26-24(30)10-9-16-15-27-19-8-6-5-7-17(16)19/h5-8,13-15,27H,4,9-12H2,1-3H3,(H,26,30). The summed E-state index contributed by atoms with van der Waals surface area (Å²) >= 11 is 0. The van der Waals surface area contributed by atoms with E-state index < -0.39 is 0 Å². The maximum atomic E-state index is 13.2. The van der Waals surface area contributed by atoms with Gasteiger partial charge in [0.2, 0.25) is 5.91 Å². The Labute approximate surface area is 191 Å². The van der Waals surface area contributed by atoms with Crippen molar-refractivity contribution in [3.05, 3.63) is 64.3 Å². The van der Waals surface area contributed by atoms with Gasteiger partial charge in [-0.1, -0.05) is 25.1 Å². The maximum absolute atomic E-state index is 13.2. The first-order valence-corrected chi connectivity index (χ1v) is 11.0. The van der Waals surface area contributed by atoms with Crippen LogP contribution in [-0.2, 0) is 24.2 Å². The molecule has 0 spiro atoms. The largest absolute Gasteiger partial charge is 0.493 e. The summed E-state index contributed by atoms with van der Waals surface area (Å²) < 4.78 is 12.3. The highest BCUT2D eigenvalue weighted by Crippen LogP contribution is 2.30. The number of hydrogen-bond acceptors (Lipinski definition) is 5. The van der Waals surface area contributed by atoms with Gasteiger partial charge in [-0.3, -0.25) is 14.2 Å². The van der Waals surface area contributed by atoms with E-state index in [0.717, 1.165) is 16.5 Å². The smallest absolute Gasteiger partial charge is 0.261 e. The summed E-state index contributed by atoms with van der Waals surface area (Å²) in [6.45, 7) is 2.64. The molecular formula is C25H28N4O4. The van der Waals surface area contributed by atoms with Crippen LogP contribution in [0.2, 0.25) is 0 Å². The Morgan fingerprint density at radius 2 is 1.88 bits per heavy atom. The molecule has 2 aromatic carbocycles. The molecule has 172 valence electrons. The molecule has 4 aromatic rings. The molecule has 2 aromatic heterocycles. The van der Waals surface area contributed by atoms with Gasteiger partial charge in [0, 0.05) is 49.1 Å². The molecule has 4 rings (SSSR count). The number of H-pyrrole nitrogens is 1. The predicted molar refractivity (Wildman–Crippen MR) is 128 cm³/mol. The average molecular weight is 449 g/mol. The fourth-order valence-corrected chi connectivity index (χ4v) is 4.08. The number of rotatable bonds is 9. The number of methoxy groups -OCH3 is 2. The van der Waals surface area contributed by atoms with Crippen molar-refractivity contribution in [1.82, 2.24) is 19.9 Å². The summed E-state index contributed by atoms with van der Waals surface area (Å²) in [6, 6.07) is 11.4. The van der Waals surface area contributed by atoms with Crippen molar-refractivity contribution in [2.45, 2.75) is 32.7 Å². The quantitative estimate of drug-likeness (QED) is 0.410. The van der Waals surface area contributed by atoms with Crippen molar-refractivity contribution in [3.63, 3.8) is 0 Å². The summed E-state index contributed by atoms with van der Waals surface area (Å²) in [4.78, 5) is 33.5. The van der Waals surface area contributed by atoms with Gasteiger partial charge in [0.25, 0.3) is 5.56 Å². The Kier molecular flexibility index (Phi) is 6.63. The van der Waals surface area contributed by atoms with Crippen LogP contribution in [0.5, 0.6) is 11.5 Å². The summed E-state index contributed by atoms with van der Waals surface area (Å²) in [5, 5.41) is 4.52. The highest BCUT2D eigenvalue weighted by Gasteiger charge is 2.14. The van der Waals surface area contributed by atoms with Crippen LogP contribution in [0.4, 0.5) is 0 Å². The number of carbonyl (C=O) groups is 1. The van der Waals surface area contributed by atoms with E-state index in [1.165, 1.54) is 7.11 Å². The molecule has 0 saturated carbocycles. The van der Waals surface area contributed by atoms with Crippen LogP contribution in [-0.4, -0.2) is 41.2 Å². The lowest BCUT2D eigenvalue weighted by atomic mass is 10.1. The van der Waals surface area contributed by atoms with Crippen molar-refractivity contribution < 1.29 is 14.3 Å². The van der Waals surface area contributed by atoms with Gasteiger partial charge in [0.05, 0.1) is 25.1 Å². The number of hydrogen-bond donors (Lipinski definition) is 2. The molecular weight excluding hydrogens is 420 g/mol. The van der Waals surface area contributed by atoms with Crippen LogP contribution in [0.15, 0.2) is 47.4 Å². The van der Waals surface area contributed by atoms with E-state index in [0.29, 0.717) is 60.6 Å². The summed E-state index contributed by atoms with van der Waals surface area (Å²) in [5.74, 6) is 1.61. The van der Waals surface area contributed by atoms with E-state index in [2.05, 4.69) is 21.4 Å². The third kappa shape index (κ3) is 4.55. The van der Waals surface area contributed by atoms with Gasteiger partial charge in [-0.05, 0) is 24.1 Å². The molecule has 0 aliphatic carbocycles. The molecule has 0 atom stereocenters. The molecule has 2 N–H and O–H groups in total. The fraction of sp³-hybridized carbons (Fsp3) is 0.320. The average Bonchev–Trinajstić information content (AvgIpc) is 3.26. The van der Waals surface area contributed by atoms with Crippen LogP contribution in [0, 0.1) is 0 Å². The number of aromatic amines is 1. The second-order valence-corrected chi connectivity index (χ2v) is 7.77. The zero-order chi connectivity index (χ0) is 23.4. The van der Waals surface area contributed by atoms with Crippen LogP contribution >= 0.6 is 0 Å². The van der Waals surface area contributed by atoms with E-state index in [1.54, 1.807) is 23.8 Å². The van der Waals surface area contributed by atoms with Gasteiger partial charge in [-0.2, -0.15) is 0 Å². The Balaban J connectivity index is 1.44. The minimum absolute atomic E-state index is 0.0495. The SMILES string of the molecule is CCc1nc2cc(OC)c(OC)cc2c(=O)n1CCNC(=O)CCc1c[nH]c2ccccc12. The van der Waals surface area contributed by atoms with Crippen molar-refractivity contribution in [1.29, 1.82) is 0 Å². The van der Waals surface area contributed by atoms with Crippen LogP contribution in [0.1, 0.15) is 24.7 Å². The predicted octanol–water partition coefficient (Wildman–Crippen LogP) is 3.21. The lowest BCUT2D eigenvalue weighted by Gasteiger charge is -2.14. The van der Waals surface area contributed by atoms with E-state index >= 15 is 0 Å². The van der Waals surface area contributed by atoms with Gasteiger partial charge in [0.15, 0.2) is 11.5 Å². The van der Waals surface area contributed by atoms with Gasteiger partial charge in [0.1, 0.15) is 5.82 Å². The first-order valence-electron chi connectivity index (χ1n) is 11.0. The van der Waals surface area contributed by atoms with Gasteiger partial charge in [-0.15, -0.1) is 0 Å². The second kappa shape index (κ2) is 9.77. The van der Waals surface area contributed by atoms with Crippen LogP contribution in [0.25, 0.3) is 21.8 Å². The highest BCUT2D eigenvalue weighted by atomic mass is 16.5. The monoisotopic (exact) mass is 448 g/mol. The minimum Gasteiger partial charge on any atom is -0.493 e. The molecule has 0 saturated heterocycles. The molecule has 0 aliphatic rings. The number of aryl methyl sites for hydroxylation is 2. The number of nitrogens with one attached hydrogen (secondary N) is 2. The Hall–Kier alpha value is -3.81. The molecule has 33 heavy (non-hydrogen) atoms. The Morgan fingerprint density at radius 3 is 2.64 bits per heavy atom. The van der Waals surface area contributed by atoms with Crippen LogP contribution < -0.4 is 20.3 Å². The number of para-hydroxylation sites is 1. The van der Waals surface area contributed by atoms with Gasteiger partial charge in [-0.25, -0.2) is 4.98 Å². The van der Waals surface area contributed by atoms with Crippen LogP contribution in [0.3, 0.4) is 0 Å². The molecule has 0 unspecified atom stereocenters. The molecule has 8 nitrogen and oxygen atoms in total. The number of carbonyl (C=O) groups excluding carboxylic acids is 1. The molecule has 0 bridgehead atoms. The van der Waals surface area contributed by atoms with Crippen molar-refractivity contribution >= 4 is 27.7 Å². The zero-order valence-corrected chi connectivity index (χ0v) is 19.1. The minimum atomic E-state index is -0.161. The molecule has 1 amide bonds. The normalized spacial score (nSPS) is 11.1. The first kappa shape index (κ1) is 22.4. The van der Waals surface area contributed by atoms with Gasteiger partial charge < -0.3 is 19.8 Å². The second-order valence-electron chi connectivity index (χ2n) is 7.77. The number of amides is 1. The first-order chi connectivity index (χ1) is 16.0. The number of nitrogens with zero attached hydrogens (tertiary/aromatic N) is 2. The zero-order valence-electron chi connectivity index (χ0n) is 19.1. The lowest BCUT2D eigenvalue weighted by molar-refractivity contribution is -0.121. The molecule has 0 fully saturated rings. The lowest BCUT2D eigenvalue weighted by Crippen LogP contribution is -2.33. The number of fused-ring (bicyclic) bond motifs is 2. The molecule has 0 aliphatic heterocycles. The molecule has 8 heteroatoms. The van der Waals surface area contributed by atoms with E-state index in [4.69, 9.17) is 9.47 Å². The van der Waals surface area contributed by atoms with Crippen molar-refractivity contribution in [2.24, 2.45) is 0 Å². The maximum Gasteiger partial charge on any atom is 0.261 e. The third-order valence-electron chi connectivity index (χ3n) is 5.81. The topological polar surface area (TPSA) is 98.2 Å². The third-order valence-corrected chi connectivity index (χ3v) is 5.81. The summed E-state index contributed by atoms with van der Waals surface area (Å²) in [6.07, 6.45) is 3.57. The Bertz CT molecular complexity index is 1360. The summed E-state index contributed by atoms with van der Waals surface area (Å²) in [5.41, 5.74) is 2.59. The fourth-order valence-electron chi connectivity index (χ4n) is 4.08. The van der Waals surface area contributed by atoms with Gasteiger partial charge >= 0.3 is 0 Å².